The van der Waals surface area contributed by atoms with Crippen LogP contribution in [0.15, 0.2) is 42.7 Å². The number of rotatable bonds is 5. The number of likely N-dealkylation sites (N-methyl/N-ethyl adjacent to an activating group) is 1. The Balaban J connectivity index is 1.42. The van der Waals surface area contributed by atoms with E-state index < -0.39 is 6.10 Å². The normalized spacial score (nSPS) is 23.8. The second kappa shape index (κ2) is 8.43. The Morgan fingerprint density at radius 1 is 1.29 bits per heavy atom. The van der Waals surface area contributed by atoms with E-state index in [-0.39, 0.29) is 11.9 Å². The van der Waals surface area contributed by atoms with Crippen LogP contribution in [0.3, 0.4) is 0 Å². The van der Waals surface area contributed by atoms with Crippen LogP contribution in [0.25, 0.3) is 5.69 Å². The van der Waals surface area contributed by atoms with E-state index in [2.05, 4.69) is 10.00 Å². The van der Waals surface area contributed by atoms with E-state index >= 15 is 0 Å². The number of aliphatic hydroxyl groups is 1. The molecule has 7 nitrogen and oxygen atoms in total. The van der Waals surface area contributed by atoms with Crippen LogP contribution in [0, 0.1) is 0 Å². The van der Waals surface area contributed by atoms with Gasteiger partial charge in [-0.05, 0) is 31.4 Å². The number of β-amino-alcohol motifs (C(OH)–C–C–N with tert-alkyl or cyclic N) is 1. The number of aliphatic hydroxyl groups excluding tert-OH is 1. The van der Waals surface area contributed by atoms with Crippen LogP contribution in [0.2, 0.25) is 0 Å². The number of benzene rings is 1. The van der Waals surface area contributed by atoms with Gasteiger partial charge in [0.05, 0.1) is 24.0 Å². The lowest BCUT2D eigenvalue weighted by atomic mass is 10.1. The molecule has 3 heterocycles. The highest BCUT2D eigenvalue weighted by Gasteiger charge is 2.41. The fourth-order valence-corrected chi connectivity index (χ4v) is 4.27. The number of likely N-dealkylation sites (tertiary alicyclic amines) is 1. The number of para-hydroxylation sites is 1. The van der Waals surface area contributed by atoms with Crippen molar-refractivity contribution in [1.29, 1.82) is 0 Å². The third-order valence-corrected chi connectivity index (χ3v) is 5.71. The number of aromatic nitrogens is 2. The Morgan fingerprint density at radius 2 is 2.04 bits per heavy atom. The highest BCUT2D eigenvalue weighted by Crippen LogP contribution is 2.27. The predicted molar refractivity (Wildman–Crippen MR) is 105 cm³/mol. The molecule has 2 saturated heterocycles. The zero-order valence-corrected chi connectivity index (χ0v) is 16.3. The minimum atomic E-state index is -0.439. The van der Waals surface area contributed by atoms with Crippen LogP contribution in [0.1, 0.15) is 24.8 Å². The lowest BCUT2D eigenvalue weighted by Gasteiger charge is -2.36. The molecule has 0 saturated carbocycles. The lowest BCUT2D eigenvalue weighted by molar-refractivity contribution is -0.136. The fourth-order valence-electron chi connectivity index (χ4n) is 4.27. The van der Waals surface area contributed by atoms with Crippen LogP contribution >= 0.6 is 0 Å². The van der Waals surface area contributed by atoms with Crippen molar-refractivity contribution >= 4 is 5.91 Å². The molecule has 2 fully saturated rings. The van der Waals surface area contributed by atoms with Crippen LogP contribution in [0.5, 0.6) is 0 Å². The van der Waals surface area contributed by atoms with Crippen LogP contribution < -0.4 is 0 Å². The maximum atomic E-state index is 13.1. The molecule has 2 aliphatic rings. The van der Waals surface area contributed by atoms with Crippen molar-refractivity contribution < 1.29 is 14.6 Å². The van der Waals surface area contributed by atoms with Gasteiger partial charge in [0.25, 0.3) is 0 Å². The third-order valence-electron chi connectivity index (χ3n) is 5.71. The SMILES string of the molecule is CN(Cc1cnn(-c2ccccc2)c1)C(=O)[C@@H]1C[C@@H](O)CN1C1CCOCC1. The van der Waals surface area contributed by atoms with E-state index in [0.29, 0.717) is 25.6 Å². The summed E-state index contributed by atoms with van der Waals surface area (Å²) >= 11 is 0. The average molecular weight is 384 g/mol. The molecule has 1 amide bonds. The van der Waals surface area contributed by atoms with Crippen molar-refractivity contribution in [2.45, 2.75) is 44.0 Å². The minimum Gasteiger partial charge on any atom is -0.392 e. The van der Waals surface area contributed by atoms with Crippen molar-refractivity contribution in [3.63, 3.8) is 0 Å². The summed E-state index contributed by atoms with van der Waals surface area (Å²) in [5.74, 6) is 0.0653. The molecule has 1 aromatic carbocycles. The van der Waals surface area contributed by atoms with Gasteiger partial charge in [0.15, 0.2) is 0 Å². The van der Waals surface area contributed by atoms with E-state index in [1.807, 2.05) is 48.3 Å². The summed E-state index contributed by atoms with van der Waals surface area (Å²) in [5.41, 5.74) is 1.98. The van der Waals surface area contributed by atoms with Gasteiger partial charge >= 0.3 is 0 Å². The van der Waals surface area contributed by atoms with Crippen molar-refractivity contribution in [3.8, 4) is 5.69 Å². The second-order valence-corrected chi connectivity index (χ2v) is 7.77. The Morgan fingerprint density at radius 3 is 2.79 bits per heavy atom. The number of nitrogens with zero attached hydrogens (tertiary/aromatic N) is 4. The predicted octanol–water partition coefficient (Wildman–Crippen LogP) is 1.44. The fraction of sp³-hybridized carbons (Fsp3) is 0.524. The van der Waals surface area contributed by atoms with Gasteiger partial charge < -0.3 is 14.7 Å². The number of hydrogen-bond donors (Lipinski definition) is 1. The van der Waals surface area contributed by atoms with Gasteiger partial charge in [0, 0.05) is 51.2 Å². The van der Waals surface area contributed by atoms with Gasteiger partial charge in [-0.3, -0.25) is 9.69 Å². The molecule has 0 unspecified atom stereocenters. The number of carbonyl (C=O) groups excluding carboxylic acids is 1. The van der Waals surface area contributed by atoms with E-state index in [1.54, 1.807) is 11.1 Å². The first-order valence-corrected chi connectivity index (χ1v) is 9.97. The standard InChI is InChI=1S/C21H28N4O3/c1-23(13-16-12-22-25(14-16)18-5-3-2-4-6-18)21(27)20-11-19(26)15-24(20)17-7-9-28-10-8-17/h2-6,12,14,17,19-20,26H,7-11,13,15H2,1H3/t19-,20+/m1/s1. The number of carbonyl (C=O) groups is 1. The lowest BCUT2D eigenvalue weighted by Crippen LogP contribution is -2.49. The summed E-state index contributed by atoms with van der Waals surface area (Å²) in [4.78, 5) is 17.1. The summed E-state index contributed by atoms with van der Waals surface area (Å²) in [6.45, 7) is 2.53. The van der Waals surface area contributed by atoms with Gasteiger partial charge in [-0.15, -0.1) is 0 Å². The smallest absolute Gasteiger partial charge is 0.240 e. The first-order chi connectivity index (χ1) is 13.6. The van der Waals surface area contributed by atoms with Crippen LogP contribution in [0.4, 0.5) is 0 Å². The highest BCUT2D eigenvalue weighted by molar-refractivity contribution is 5.82. The molecule has 0 bridgehead atoms. The molecule has 0 spiro atoms. The quantitative estimate of drug-likeness (QED) is 0.845. The molecule has 0 radical (unpaired) electrons. The first kappa shape index (κ1) is 19.1. The van der Waals surface area contributed by atoms with Crippen LogP contribution in [-0.2, 0) is 16.1 Å². The molecule has 2 atom stereocenters. The van der Waals surface area contributed by atoms with Gasteiger partial charge in [-0.2, -0.15) is 5.10 Å². The Bertz CT molecular complexity index is 788. The number of hydrogen-bond acceptors (Lipinski definition) is 5. The van der Waals surface area contributed by atoms with E-state index in [9.17, 15) is 9.90 Å². The maximum absolute atomic E-state index is 13.1. The molecule has 7 heteroatoms. The van der Waals surface area contributed by atoms with Crippen molar-refractivity contribution in [2.75, 3.05) is 26.8 Å². The van der Waals surface area contributed by atoms with E-state index in [4.69, 9.17) is 4.74 Å². The summed E-state index contributed by atoms with van der Waals surface area (Å²) in [6.07, 6.45) is 5.67. The van der Waals surface area contributed by atoms with Crippen molar-refractivity contribution in [1.82, 2.24) is 19.6 Å². The third kappa shape index (κ3) is 4.11. The molecular weight excluding hydrogens is 356 g/mol. The van der Waals surface area contributed by atoms with Crippen LogP contribution in [-0.4, -0.2) is 75.6 Å². The van der Waals surface area contributed by atoms with Gasteiger partial charge in [-0.1, -0.05) is 18.2 Å². The molecule has 28 heavy (non-hydrogen) atoms. The van der Waals surface area contributed by atoms with Gasteiger partial charge in [0.2, 0.25) is 5.91 Å². The largest absolute Gasteiger partial charge is 0.392 e. The highest BCUT2D eigenvalue weighted by atomic mass is 16.5. The maximum Gasteiger partial charge on any atom is 0.240 e. The van der Waals surface area contributed by atoms with Crippen molar-refractivity contribution in [3.05, 3.63) is 48.3 Å². The summed E-state index contributed by atoms with van der Waals surface area (Å²) < 4.78 is 7.27. The topological polar surface area (TPSA) is 70.8 Å². The van der Waals surface area contributed by atoms with Crippen molar-refractivity contribution in [2.24, 2.45) is 0 Å². The van der Waals surface area contributed by atoms with Gasteiger partial charge in [0.1, 0.15) is 0 Å². The van der Waals surface area contributed by atoms with E-state index in [0.717, 1.165) is 37.3 Å². The first-order valence-electron chi connectivity index (χ1n) is 9.97. The molecule has 1 N–H and O–H groups in total. The molecule has 1 aromatic heterocycles. The molecule has 2 aliphatic heterocycles. The number of amides is 1. The molecule has 2 aromatic rings. The molecular formula is C21H28N4O3. The van der Waals surface area contributed by atoms with Gasteiger partial charge in [-0.25, -0.2) is 4.68 Å². The Kier molecular flexibility index (Phi) is 5.75. The summed E-state index contributed by atoms with van der Waals surface area (Å²) in [5, 5.41) is 14.6. The average Bonchev–Trinajstić information content (AvgIpc) is 3.35. The summed E-state index contributed by atoms with van der Waals surface area (Å²) in [7, 11) is 1.83. The Hall–Kier alpha value is -2.22. The zero-order valence-electron chi connectivity index (χ0n) is 16.3. The molecule has 150 valence electrons. The minimum absolute atomic E-state index is 0.0653. The molecule has 0 aliphatic carbocycles. The zero-order chi connectivity index (χ0) is 19.5. The van der Waals surface area contributed by atoms with E-state index in [1.165, 1.54) is 0 Å². The monoisotopic (exact) mass is 384 g/mol. The summed E-state index contributed by atoms with van der Waals surface area (Å²) in [6, 6.07) is 9.97. The number of ether oxygens (including phenoxy) is 1. The Labute approximate surface area is 165 Å². The molecule has 4 rings (SSSR count). The second-order valence-electron chi connectivity index (χ2n) is 7.77.